The maximum Gasteiger partial charge on any atom is 0.314 e. The van der Waals surface area contributed by atoms with Gasteiger partial charge in [-0.2, -0.15) is 0 Å². The summed E-state index contributed by atoms with van der Waals surface area (Å²) in [5.74, 6) is -0.696. The Kier molecular flexibility index (Phi) is 8.59. The lowest BCUT2D eigenvalue weighted by Gasteiger charge is -2.08. The van der Waals surface area contributed by atoms with Gasteiger partial charge in [-0.15, -0.1) is 0 Å². The van der Waals surface area contributed by atoms with Gasteiger partial charge >= 0.3 is 6.03 Å². The molecule has 0 bridgehead atoms. The molecule has 0 saturated heterocycles. The summed E-state index contributed by atoms with van der Waals surface area (Å²) >= 11 is 0. The number of nitrogens with one attached hydrogen (secondary N) is 3. The Labute approximate surface area is 129 Å². The predicted octanol–water partition coefficient (Wildman–Crippen LogP) is 1.28. The Bertz CT molecular complexity index is 466. The van der Waals surface area contributed by atoms with Crippen LogP contribution in [0.2, 0.25) is 0 Å². The fourth-order valence-electron chi connectivity index (χ4n) is 1.64. The van der Waals surface area contributed by atoms with E-state index in [1.807, 2.05) is 6.92 Å². The van der Waals surface area contributed by atoms with Crippen molar-refractivity contribution in [2.45, 2.75) is 13.3 Å². The first kappa shape index (κ1) is 17.9. The lowest BCUT2D eigenvalue weighted by atomic mass is 10.2. The van der Waals surface area contributed by atoms with Crippen LogP contribution >= 0.6 is 0 Å². The monoisotopic (exact) mass is 311 g/mol. The maximum absolute atomic E-state index is 12.7. The third-order valence-corrected chi connectivity index (χ3v) is 2.76. The molecule has 3 amide bonds. The summed E-state index contributed by atoms with van der Waals surface area (Å²) < 4.78 is 17.9. The molecule has 22 heavy (non-hydrogen) atoms. The number of halogens is 1. The Balaban J connectivity index is 2.08. The van der Waals surface area contributed by atoms with Crippen LogP contribution in [0.25, 0.3) is 0 Å². The number of hydrogen-bond donors (Lipinski definition) is 3. The molecule has 6 nitrogen and oxygen atoms in total. The molecule has 0 saturated carbocycles. The molecule has 3 N–H and O–H groups in total. The van der Waals surface area contributed by atoms with Crippen LogP contribution in [0.5, 0.6) is 0 Å². The highest BCUT2D eigenvalue weighted by molar-refractivity contribution is 5.94. The minimum atomic E-state index is -0.390. The van der Waals surface area contributed by atoms with Crippen molar-refractivity contribution in [1.29, 1.82) is 0 Å². The van der Waals surface area contributed by atoms with Crippen molar-refractivity contribution >= 4 is 11.9 Å². The number of benzene rings is 1. The van der Waals surface area contributed by atoms with Gasteiger partial charge in [0.05, 0.1) is 0 Å². The zero-order valence-electron chi connectivity index (χ0n) is 12.7. The van der Waals surface area contributed by atoms with Crippen molar-refractivity contribution in [3.8, 4) is 0 Å². The van der Waals surface area contributed by atoms with Gasteiger partial charge in [0, 0.05) is 38.4 Å². The minimum absolute atomic E-state index is 0.285. The van der Waals surface area contributed by atoms with Gasteiger partial charge in [0.1, 0.15) is 5.82 Å². The Morgan fingerprint density at radius 1 is 1.05 bits per heavy atom. The second-order valence-electron chi connectivity index (χ2n) is 4.50. The molecule has 1 aromatic rings. The van der Waals surface area contributed by atoms with E-state index < -0.39 is 0 Å². The molecule has 0 heterocycles. The largest absolute Gasteiger partial charge is 0.382 e. The van der Waals surface area contributed by atoms with Gasteiger partial charge in [-0.1, -0.05) is 0 Å². The van der Waals surface area contributed by atoms with Crippen molar-refractivity contribution in [1.82, 2.24) is 16.0 Å². The first-order valence-electron chi connectivity index (χ1n) is 7.26. The van der Waals surface area contributed by atoms with E-state index in [2.05, 4.69) is 16.0 Å². The van der Waals surface area contributed by atoms with Crippen LogP contribution in [0, 0.1) is 5.82 Å². The fourth-order valence-corrected chi connectivity index (χ4v) is 1.64. The summed E-state index contributed by atoms with van der Waals surface area (Å²) in [7, 11) is 0. The molecular weight excluding hydrogens is 289 g/mol. The second-order valence-corrected chi connectivity index (χ2v) is 4.50. The number of urea groups is 1. The van der Waals surface area contributed by atoms with Crippen LogP contribution in [-0.4, -0.2) is 44.8 Å². The third-order valence-electron chi connectivity index (χ3n) is 2.76. The summed E-state index contributed by atoms with van der Waals surface area (Å²) in [6.45, 7) is 4.34. The minimum Gasteiger partial charge on any atom is -0.382 e. The highest BCUT2D eigenvalue weighted by Crippen LogP contribution is 2.01. The zero-order valence-corrected chi connectivity index (χ0v) is 12.7. The van der Waals surface area contributed by atoms with Crippen LogP contribution in [0.4, 0.5) is 9.18 Å². The fraction of sp³-hybridized carbons (Fsp3) is 0.467. The molecule has 122 valence electrons. The summed E-state index contributed by atoms with van der Waals surface area (Å²) in [6.07, 6.45) is 0.753. The molecule has 7 heteroatoms. The van der Waals surface area contributed by atoms with E-state index >= 15 is 0 Å². The third kappa shape index (κ3) is 7.58. The van der Waals surface area contributed by atoms with Crippen LogP contribution in [0.15, 0.2) is 24.3 Å². The number of carbonyl (C=O) groups excluding carboxylic acids is 2. The average Bonchev–Trinajstić information content (AvgIpc) is 2.52. The van der Waals surface area contributed by atoms with Crippen molar-refractivity contribution in [3.05, 3.63) is 35.6 Å². The van der Waals surface area contributed by atoms with E-state index in [1.54, 1.807) is 0 Å². The van der Waals surface area contributed by atoms with Gasteiger partial charge in [0.2, 0.25) is 0 Å². The molecule has 0 aliphatic rings. The van der Waals surface area contributed by atoms with Crippen molar-refractivity contribution < 1.29 is 18.7 Å². The molecule has 1 aromatic carbocycles. The van der Waals surface area contributed by atoms with Crippen LogP contribution in [-0.2, 0) is 4.74 Å². The average molecular weight is 311 g/mol. The predicted molar refractivity (Wildman–Crippen MR) is 81.2 cm³/mol. The summed E-state index contributed by atoms with van der Waals surface area (Å²) in [5, 5.41) is 7.94. The highest BCUT2D eigenvalue weighted by Gasteiger charge is 2.05. The lowest BCUT2D eigenvalue weighted by molar-refractivity contribution is 0.0953. The molecule has 1 rings (SSSR count). The number of hydrogen-bond acceptors (Lipinski definition) is 3. The molecule has 0 radical (unpaired) electrons. The molecule has 0 fully saturated rings. The van der Waals surface area contributed by atoms with Crippen molar-refractivity contribution in [2.75, 3.05) is 32.8 Å². The first-order chi connectivity index (χ1) is 10.6. The van der Waals surface area contributed by atoms with Gasteiger partial charge < -0.3 is 20.7 Å². The maximum atomic E-state index is 12.7. The van der Waals surface area contributed by atoms with Crippen molar-refractivity contribution in [2.24, 2.45) is 0 Å². The standard InChI is InChI=1S/C15H22FN3O3/c1-2-22-11-3-8-18-15(21)19-10-9-17-14(20)12-4-6-13(16)7-5-12/h4-7H,2-3,8-11H2,1H3,(H,17,20)(H2,18,19,21). The molecule has 0 unspecified atom stereocenters. The van der Waals surface area contributed by atoms with E-state index in [-0.39, 0.29) is 17.8 Å². The number of ether oxygens (including phenoxy) is 1. The molecule has 0 aliphatic carbocycles. The van der Waals surface area contributed by atoms with E-state index in [0.717, 1.165) is 6.42 Å². The summed E-state index contributed by atoms with van der Waals surface area (Å²) in [4.78, 5) is 23.1. The van der Waals surface area contributed by atoms with Gasteiger partial charge in [-0.05, 0) is 37.6 Å². The SMILES string of the molecule is CCOCCCNC(=O)NCCNC(=O)c1ccc(F)cc1. The Morgan fingerprint density at radius 2 is 1.68 bits per heavy atom. The molecular formula is C15H22FN3O3. The highest BCUT2D eigenvalue weighted by atomic mass is 19.1. The molecule has 0 aromatic heterocycles. The van der Waals surface area contributed by atoms with Crippen molar-refractivity contribution in [3.63, 3.8) is 0 Å². The topological polar surface area (TPSA) is 79.5 Å². The van der Waals surface area contributed by atoms with E-state index in [1.165, 1.54) is 24.3 Å². The van der Waals surface area contributed by atoms with E-state index in [0.29, 0.717) is 38.4 Å². The second kappa shape index (κ2) is 10.6. The van der Waals surface area contributed by atoms with Gasteiger partial charge in [-0.3, -0.25) is 4.79 Å². The molecule has 0 spiro atoms. The van der Waals surface area contributed by atoms with Gasteiger partial charge in [0.15, 0.2) is 0 Å². The number of rotatable bonds is 9. The Morgan fingerprint density at radius 3 is 2.36 bits per heavy atom. The molecule has 0 aliphatic heterocycles. The van der Waals surface area contributed by atoms with E-state index in [9.17, 15) is 14.0 Å². The first-order valence-corrected chi connectivity index (χ1v) is 7.26. The van der Waals surface area contributed by atoms with Gasteiger partial charge in [0.25, 0.3) is 5.91 Å². The Hall–Kier alpha value is -2.15. The zero-order chi connectivity index (χ0) is 16.2. The normalized spacial score (nSPS) is 10.1. The number of carbonyl (C=O) groups is 2. The quantitative estimate of drug-likeness (QED) is 0.601. The molecule has 0 atom stereocenters. The smallest absolute Gasteiger partial charge is 0.314 e. The lowest BCUT2D eigenvalue weighted by Crippen LogP contribution is -2.40. The van der Waals surface area contributed by atoms with Crippen LogP contribution in [0.3, 0.4) is 0 Å². The summed E-state index contributed by atoms with van der Waals surface area (Å²) in [6, 6.07) is 4.98. The van der Waals surface area contributed by atoms with E-state index in [4.69, 9.17) is 4.74 Å². The summed E-state index contributed by atoms with van der Waals surface area (Å²) in [5.41, 5.74) is 0.377. The van der Waals surface area contributed by atoms with Gasteiger partial charge in [-0.25, -0.2) is 9.18 Å². The number of amides is 3. The van der Waals surface area contributed by atoms with Crippen LogP contribution in [0.1, 0.15) is 23.7 Å². The van der Waals surface area contributed by atoms with Crippen LogP contribution < -0.4 is 16.0 Å².